The molecule has 0 atom stereocenters. The Kier molecular flexibility index (Phi) is 19.0. The summed E-state index contributed by atoms with van der Waals surface area (Å²) in [4.78, 5) is 12.5. The number of rotatable bonds is 24. The zero-order valence-corrected chi connectivity index (χ0v) is 31.6. The van der Waals surface area contributed by atoms with Crippen LogP contribution in [0.2, 0.25) is 0 Å². The zero-order valence-electron chi connectivity index (χ0n) is 31.6. The molecule has 2 aromatic carbocycles. The number of carbonyl (C=O) groups excluding carboxylic acids is 1. The van der Waals surface area contributed by atoms with E-state index in [0.717, 1.165) is 49.4 Å². The third-order valence-corrected chi connectivity index (χ3v) is 12.4. The van der Waals surface area contributed by atoms with E-state index < -0.39 is 0 Å². The third kappa shape index (κ3) is 14.9. The number of hydrogen-bond donors (Lipinski definition) is 0. The van der Waals surface area contributed by atoms with E-state index in [0.29, 0.717) is 5.78 Å². The van der Waals surface area contributed by atoms with Gasteiger partial charge in [-0.3, -0.25) is 4.79 Å². The summed E-state index contributed by atoms with van der Waals surface area (Å²) in [5, 5.41) is 0. The molecule has 0 saturated heterocycles. The molecule has 2 fully saturated rings. The van der Waals surface area contributed by atoms with Crippen molar-refractivity contribution in [2.75, 3.05) is 0 Å². The van der Waals surface area contributed by atoms with Crippen LogP contribution >= 0.6 is 0 Å². The van der Waals surface area contributed by atoms with Crippen molar-refractivity contribution in [2.24, 2.45) is 11.8 Å². The number of benzene rings is 2. The zero-order chi connectivity index (χ0) is 33.7. The quantitative estimate of drug-likeness (QED) is 0.103. The number of carbonyl (C=O) groups is 1. The summed E-state index contributed by atoms with van der Waals surface area (Å²) in [7, 11) is 0. The highest BCUT2D eigenvalue weighted by atomic mass is 16.1. The fourth-order valence-electron chi connectivity index (χ4n) is 8.98. The van der Waals surface area contributed by atoms with E-state index in [1.54, 1.807) is 11.1 Å². The van der Waals surface area contributed by atoms with Crippen LogP contribution in [0.1, 0.15) is 215 Å². The Labute approximate surface area is 297 Å². The first kappa shape index (κ1) is 38.9. The van der Waals surface area contributed by atoms with Gasteiger partial charge in [0, 0.05) is 12.8 Å². The maximum absolute atomic E-state index is 12.5. The first-order valence-electron chi connectivity index (χ1n) is 21.3. The fraction of sp³-hybridized carbons (Fsp3) is 0.723. The number of Topliss-reactive ketones (excluding diaryl/α,β-unsaturated/α-hetero) is 1. The lowest BCUT2D eigenvalue weighted by Crippen LogP contribution is -2.13. The number of unbranched alkanes of at least 4 members (excludes halogenated alkanes) is 10. The van der Waals surface area contributed by atoms with Crippen LogP contribution in [-0.2, 0) is 17.6 Å². The van der Waals surface area contributed by atoms with E-state index in [4.69, 9.17) is 0 Å². The van der Waals surface area contributed by atoms with Crippen LogP contribution in [0.15, 0.2) is 48.5 Å². The fourth-order valence-corrected chi connectivity index (χ4v) is 8.98. The Morgan fingerprint density at radius 3 is 1.21 bits per heavy atom. The van der Waals surface area contributed by atoms with E-state index >= 15 is 0 Å². The molecule has 0 unspecified atom stereocenters. The smallest absolute Gasteiger partial charge is 0.132 e. The number of ketones is 1. The van der Waals surface area contributed by atoms with E-state index in [1.807, 2.05) is 0 Å². The van der Waals surface area contributed by atoms with Gasteiger partial charge < -0.3 is 0 Å². The van der Waals surface area contributed by atoms with Crippen molar-refractivity contribution < 1.29 is 4.79 Å². The van der Waals surface area contributed by atoms with Crippen LogP contribution in [0.5, 0.6) is 0 Å². The predicted molar refractivity (Wildman–Crippen MR) is 209 cm³/mol. The van der Waals surface area contributed by atoms with Gasteiger partial charge in [0.15, 0.2) is 0 Å². The van der Waals surface area contributed by atoms with Crippen LogP contribution in [-0.4, -0.2) is 5.78 Å². The molecule has 2 aliphatic carbocycles. The molecule has 268 valence electrons. The molecule has 1 nitrogen and oxygen atoms in total. The molecule has 48 heavy (non-hydrogen) atoms. The molecule has 0 aromatic heterocycles. The highest BCUT2D eigenvalue weighted by Gasteiger charge is 2.23. The van der Waals surface area contributed by atoms with Gasteiger partial charge in [0.2, 0.25) is 0 Å². The highest BCUT2D eigenvalue weighted by Crippen LogP contribution is 2.39. The molecule has 0 amide bonds. The Morgan fingerprint density at radius 2 is 0.833 bits per heavy atom. The first-order valence-corrected chi connectivity index (χ1v) is 21.3. The standard InChI is InChI=1S/C47H74O/c1-3-5-11-17-39-23-31-43(32-24-39)45-35-27-41(28-36-45)19-13-7-9-15-21-47(48)22-16-10-8-14-20-42-29-37-46(38-30-42)44-33-25-40(26-34-44)18-12-6-4-2/h23-26,31-34,41-42,45-46H,3-22,27-30,35-38H2,1-2H3. The molecule has 2 aromatic rings. The molecule has 2 saturated carbocycles. The summed E-state index contributed by atoms with van der Waals surface area (Å²) in [6.45, 7) is 4.57. The van der Waals surface area contributed by atoms with Crippen molar-refractivity contribution in [1.29, 1.82) is 0 Å². The molecule has 0 heterocycles. The summed E-state index contributed by atoms with van der Waals surface area (Å²) < 4.78 is 0. The molecule has 0 bridgehead atoms. The second-order valence-electron chi connectivity index (χ2n) is 16.3. The van der Waals surface area contributed by atoms with Crippen molar-refractivity contribution in [2.45, 2.75) is 205 Å². The van der Waals surface area contributed by atoms with Gasteiger partial charge in [-0.2, -0.15) is 0 Å². The molecule has 0 aliphatic heterocycles. The molecule has 0 N–H and O–H groups in total. The van der Waals surface area contributed by atoms with Crippen LogP contribution in [0, 0.1) is 11.8 Å². The van der Waals surface area contributed by atoms with Crippen molar-refractivity contribution in [3.8, 4) is 0 Å². The lowest BCUT2D eigenvalue weighted by Gasteiger charge is -2.29. The molecule has 2 aliphatic rings. The molecule has 0 spiro atoms. The van der Waals surface area contributed by atoms with Gasteiger partial charge in [0.05, 0.1) is 0 Å². The first-order chi connectivity index (χ1) is 23.6. The largest absolute Gasteiger partial charge is 0.300 e. The van der Waals surface area contributed by atoms with Crippen molar-refractivity contribution >= 4 is 5.78 Å². The van der Waals surface area contributed by atoms with Gasteiger partial charge in [0.1, 0.15) is 5.78 Å². The minimum Gasteiger partial charge on any atom is -0.300 e. The van der Waals surface area contributed by atoms with Crippen molar-refractivity contribution in [3.63, 3.8) is 0 Å². The van der Waals surface area contributed by atoms with E-state index in [-0.39, 0.29) is 0 Å². The number of aryl methyl sites for hydroxylation is 2. The van der Waals surface area contributed by atoms with Gasteiger partial charge in [-0.05, 0) is 136 Å². The van der Waals surface area contributed by atoms with Gasteiger partial charge in [-0.1, -0.05) is 139 Å². The second kappa shape index (κ2) is 23.5. The SMILES string of the molecule is CCCCCc1ccc(C2CCC(CCCCCCC(=O)CCCCCCC3CCC(c4ccc(CCCCC)cc4)CC3)CC2)cc1. The lowest BCUT2D eigenvalue weighted by atomic mass is 9.77. The number of hydrogen-bond acceptors (Lipinski definition) is 1. The van der Waals surface area contributed by atoms with E-state index in [2.05, 4.69) is 62.4 Å². The van der Waals surface area contributed by atoms with E-state index in [1.165, 1.54) is 165 Å². The Morgan fingerprint density at radius 1 is 0.458 bits per heavy atom. The van der Waals surface area contributed by atoms with Crippen LogP contribution < -0.4 is 0 Å². The average molecular weight is 655 g/mol. The molecule has 4 rings (SSSR count). The summed E-state index contributed by atoms with van der Waals surface area (Å²) in [5.41, 5.74) is 6.21. The topological polar surface area (TPSA) is 17.1 Å². The van der Waals surface area contributed by atoms with Crippen LogP contribution in [0.3, 0.4) is 0 Å². The molecular weight excluding hydrogens is 581 g/mol. The molecule has 1 heteroatoms. The van der Waals surface area contributed by atoms with E-state index in [9.17, 15) is 4.79 Å². The molecular formula is C47H74O. The maximum Gasteiger partial charge on any atom is 0.132 e. The Bertz CT molecular complexity index is 993. The summed E-state index contributed by atoms with van der Waals surface area (Å²) >= 11 is 0. The highest BCUT2D eigenvalue weighted by molar-refractivity contribution is 5.78. The van der Waals surface area contributed by atoms with Gasteiger partial charge in [0.25, 0.3) is 0 Å². The summed E-state index contributed by atoms with van der Waals surface area (Å²) in [6.07, 6.45) is 36.2. The average Bonchev–Trinajstić information content (AvgIpc) is 3.12. The Balaban J connectivity index is 0.925. The van der Waals surface area contributed by atoms with Gasteiger partial charge >= 0.3 is 0 Å². The van der Waals surface area contributed by atoms with Crippen molar-refractivity contribution in [3.05, 3.63) is 70.8 Å². The maximum atomic E-state index is 12.5. The summed E-state index contributed by atoms with van der Waals surface area (Å²) in [5.74, 6) is 3.98. The molecule has 0 radical (unpaired) electrons. The van der Waals surface area contributed by atoms with Gasteiger partial charge in [-0.15, -0.1) is 0 Å². The predicted octanol–water partition coefficient (Wildman–Crippen LogP) is 14.7. The van der Waals surface area contributed by atoms with Gasteiger partial charge in [-0.25, -0.2) is 0 Å². The Hall–Kier alpha value is -1.89. The lowest BCUT2D eigenvalue weighted by molar-refractivity contribution is -0.119. The van der Waals surface area contributed by atoms with Crippen LogP contribution in [0.25, 0.3) is 0 Å². The third-order valence-electron chi connectivity index (χ3n) is 12.4. The normalized spacial score (nSPS) is 21.4. The van der Waals surface area contributed by atoms with Crippen LogP contribution in [0.4, 0.5) is 0 Å². The second-order valence-corrected chi connectivity index (χ2v) is 16.3. The monoisotopic (exact) mass is 655 g/mol. The minimum absolute atomic E-state index is 0.523. The minimum atomic E-state index is 0.523. The van der Waals surface area contributed by atoms with Crippen molar-refractivity contribution in [1.82, 2.24) is 0 Å². The summed E-state index contributed by atoms with van der Waals surface area (Å²) in [6, 6.07) is 19.3.